The summed E-state index contributed by atoms with van der Waals surface area (Å²) in [4.78, 5) is 16.5. The highest BCUT2D eigenvalue weighted by Gasteiger charge is 2.15. The molecule has 1 aliphatic rings. The molecule has 5 nitrogen and oxygen atoms in total. The van der Waals surface area contributed by atoms with E-state index in [-0.39, 0.29) is 42.2 Å². The zero-order chi connectivity index (χ0) is 18.1. The van der Waals surface area contributed by atoms with E-state index in [1.54, 1.807) is 13.0 Å². The van der Waals surface area contributed by atoms with Crippen LogP contribution < -0.4 is 16.0 Å². The van der Waals surface area contributed by atoms with Gasteiger partial charge in [-0.2, -0.15) is 0 Å². The second-order valence-electron chi connectivity index (χ2n) is 6.53. The predicted octanol–water partition coefficient (Wildman–Crippen LogP) is 3.26. The van der Waals surface area contributed by atoms with Gasteiger partial charge in [0, 0.05) is 12.6 Å². The molecule has 7 heteroatoms. The molecule has 1 saturated carbocycles. The Labute approximate surface area is 172 Å². The van der Waals surface area contributed by atoms with E-state index >= 15 is 0 Å². The van der Waals surface area contributed by atoms with E-state index in [0.29, 0.717) is 30.7 Å². The molecule has 1 aromatic carbocycles. The van der Waals surface area contributed by atoms with E-state index in [9.17, 15) is 9.18 Å². The third kappa shape index (κ3) is 7.88. The van der Waals surface area contributed by atoms with Crippen LogP contribution in [0.3, 0.4) is 0 Å². The molecule has 1 amide bonds. The summed E-state index contributed by atoms with van der Waals surface area (Å²) in [5.41, 5.74) is 1.42. The maximum Gasteiger partial charge on any atom is 0.239 e. The molecular formula is C19H30FIN4O. The highest BCUT2D eigenvalue weighted by Crippen LogP contribution is 2.17. The second kappa shape index (κ2) is 12.1. The number of benzene rings is 1. The van der Waals surface area contributed by atoms with E-state index in [1.807, 2.05) is 13.0 Å². The number of guanidine groups is 1. The maximum atomic E-state index is 13.6. The Balaban J connectivity index is 0.00000338. The minimum Gasteiger partial charge on any atom is -0.357 e. The number of amides is 1. The Morgan fingerprint density at radius 3 is 2.62 bits per heavy atom. The molecule has 0 aromatic heterocycles. The third-order valence-corrected chi connectivity index (χ3v) is 4.39. The van der Waals surface area contributed by atoms with Gasteiger partial charge in [0.1, 0.15) is 5.82 Å². The normalized spacial score (nSPS) is 15.1. The molecule has 0 heterocycles. The summed E-state index contributed by atoms with van der Waals surface area (Å²) in [7, 11) is 0. The lowest BCUT2D eigenvalue weighted by molar-refractivity contribution is -0.120. The van der Waals surface area contributed by atoms with Crippen LogP contribution in [0.4, 0.5) is 4.39 Å². The van der Waals surface area contributed by atoms with Crippen LogP contribution in [0.2, 0.25) is 0 Å². The smallest absolute Gasteiger partial charge is 0.239 e. The summed E-state index contributed by atoms with van der Waals surface area (Å²) in [6.07, 6.45) is 5.78. The van der Waals surface area contributed by atoms with Crippen LogP contribution in [0, 0.1) is 12.7 Å². The molecule has 0 spiro atoms. The van der Waals surface area contributed by atoms with Gasteiger partial charge in [0.15, 0.2) is 5.96 Å². The fraction of sp³-hybridized carbons (Fsp3) is 0.579. The van der Waals surface area contributed by atoms with E-state index in [1.165, 1.54) is 25.3 Å². The molecule has 0 aliphatic heterocycles. The first-order valence-electron chi connectivity index (χ1n) is 9.15. The Kier molecular flexibility index (Phi) is 10.5. The first-order valence-corrected chi connectivity index (χ1v) is 9.15. The average molecular weight is 476 g/mol. The summed E-state index contributed by atoms with van der Waals surface area (Å²) in [6, 6.07) is 5.41. The average Bonchev–Trinajstić information content (AvgIpc) is 2.61. The molecule has 26 heavy (non-hydrogen) atoms. The number of aliphatic imine (C=N–C) groups is 1. The Bertz CT molecular complexity index is 603. The second-order valence-corrected chi connectivity index (χ2v) is 6.53. The topological polar surface area (TPSA) is 65.5 Å². The van der Waals surface area contributed by atoms with E-state index < -0.39 is 0 Å². The van der Waals surface area contributed by atoms with Gasteiger partial charge in [-0.3, -0.25) is 4.79 Å². The lowest BCUT2D eigenvalue weighted by Crippen LogP contribution is -2.46. The van der Waals surface area contributed by atoms with Crippen LogP contribution in [-0.2, 0) is 11.3 Å². The highest BCUT2D eigenvalue weighted by molar-refractivity contribution is 14.0. The van der Waals surface area contributed by atoms with Crippen molar-refractivity contribution in [1.29, 1.82) is 0 Å². The van der Waals surface area contributed by atoms with Crippen molar-refractivity contribution in [3.8, 4) is 0 Å². The molecule has 0 saturated heterocycles. The van der Waals surface area contributed by atoms with Crippen LogP contribution in [-0.4, -0.2) is 31.0 Å². The lowest BCUT2D eigenvalue weighted by atomic mass is 9.95. The summed E-state index contributed by atoms with van der Waals surface area (Å²) in [6.45, 7) is 4.93. The van der Waals surface area contributed by atoms with Crippen molar-refractivity contribution in [3.05, 3.63) is 35.1 Å². The molecule has 1 fully saturated rings. The monoisotopic (exact) mass is 476 g/mol. The van der Waals surface area contributed by atoms with Crippen molar-refractivity contribution in [3.63, 3.8) is 0 Å². The Hall–Kier alpha value is -1.38. The minimum absolute atomic E-state index is 0. The quantitative estimate of drug-likeness (QED) is 0.336. The molecule has 0 atom stereocenters. The lowest BCUT2D eigenvalue weighted by Gasteiger charge is -2.23. The number of hydrogen-bond donors (Lipinski definition) is 3. The molecule has 0 unspecified atom stereocenters. The van der Waals surface area contributed by atoms with Gasteiger partial charge in [0.25, 0.3) is 0 Å². The van der Waals surface area contributed by atoms with Gasteiger partial charge in [-0.05, 0) is 43.9 Å². The van der Waals surface area contributed by atoms with Crippen LogP contribution in [0.25, 0.3) is 0 Å². The SMILES string of the molecule is CCNC(=NCc1ccc(C)c(F)c1)NCC(=O)NC1CCCCC1.I. The van der Waals surface area contributed by atoms with Gasteiger partial charge in [0.05, 0.1) is 13.1 Å². The van der Waals surface area contributed by atoms with Crippen LogP contribution in [0.15, 0.2) is 23.2 Å². The number of carbonyl (C=O) groups is 1. The summed E-state index contributed by atoms with van der Waals surface area (Å²) in [5.74, 6) is 0.318. The van der Waals surface area contributed by atoms with Crippen LogP contribution >= 0.6 is 24.0 Å². The van der Waals surface area contributed by atoms with E-state index in [0.717, 1.165) is 18.4 Å². The van der Waals surface area contributed by atoms with Gasteiger partial charge in [-0.25, -0.2) is 9.38 Å². The molecule has 146 valence electrons. The molecule has 0 bridgehead atoms. The Morgan fingerprint density at radius 1 is 1.23 bits per heavy atom. The molecule has 3 N–H and O–H groups in total. The number of carbonyl (C=O) groups excluding carboxylic acids is 1. The Morgan fingerprint density at radius 2 is 1.96 bits per heavy atom. The van der Waals surface area contributed by atoms with Crippen molar-refractivity contribution >= 4 is 35.8 Å². The van der Waals surface area contributed by atoms with Crippen molar-refractivity contribution in [2.45, 2.75) is 58.5 Å². The summed E-state index contributed by atoms with van der Waals surface area (Å²) < 4.78 is 13.6. The van der Waals surface area contributed by atoms with Crippen LogP contribution in [0.5, 0.6) is 0 Å². The first-order chi connectivity index (χ1) is 12.1. The maximum absolute atomic E-state index is 13.6. The first kappa shape index (κ1) is 22.7. The zero-order valence-corrected chi connectivity index (χ0v) is 17.9. The standard InChI is InChI=1S/C19H29FN4O.HI/c1-3-21-19(22-12-15-10-9-14(2)17(20)11-15)23-13-18(25)24-16-7-5-4-6-8-16;/h9-11,16H,3-8,12-13H2,1-2H3,(H,24,25)(H2,21,22,23);1H. The van der Waals surface area contributed by atoms with Gasteiger partial charge in [-0.1, -0.05) is 31.4 Å². The molecule has 0 radical (unpaired) electrons. The third-order valence-electron chi connectivity index (χ3n) is 4.39. The van der Waals surface area contributed by atoms with Gasteiger partial charge in [-0.15, -0.1) is 24.0 Å². The van der Waals surface area contributed by atoms with Crippen LogP contribution in [0.1, 0.15) is 50.2 Å². The summed E-state index contributed by atoms with van der Waals surface area (Å²) in [5, 5.41) is 9.21. The van der Waals surface area contributed by atoms with Crippen molar-refractivity contribution in [2.75, 3.05) is 13.1 Å². The predicted molar refractivity (Wildman–Crippen MR) is 114 cm³/mol. The number of hydrogen-bond acceptors (Lipinski definition) is 2. The number of nitrogens with zero attached hydrogens (tertiary/aromatic N) is 1. The summed E-state index contributed by atoms with van der Waals surface area (Å²) >= 11 is 0. The molecular weight excluding hydrogens is 446 g/mol. The van der Waals surface area contributed by atoms with E-state index in [2.05, 4.69) is 20.9 Å². The van der Waals surface area contributed by atoms with Gasteiger partial charge in [0.2, 0.25) is 5.91 Å². The number of nitrogens with one attached hydrogen (secondary N) is 3. The number of halogens is 2. The highest BCUT2D eigenvalue weighted by atomic mass is 127. The van der Waals surface area contributed by atoms with Gasteiger partial charge < -0.3 is 16.0 Å². The minimum atomic E-state index is -0.225. The molecule has 2 rings (SSSR count). The fourth-order valence-corrected chi connectivity index (χ4v) is 2.94. The zero-order valence-electron chi connectivity index (χ0n) is 15.6. The van der Waals surface area contributed by atoms with Crippen molar-refractivity contribution < 1.29 is 9.18 Å². The van der Waals surface area contributed by atoms with Gasteiger partial charge >= 0.3 is 0 Å². The molecule has 1 aromatic rings. The van der Waals surface area contributed by atoms with Crippen molar-refractivity contribution in [2.24, 2.45) is 4.99 Å². The fourth-order valence-electron chi connectivity index (χ4n) is 2.94. The largest absolute Gasteiger partial charge is 0.357 e. The van der Waals surface area contributed by atoms with E-state index in [4.69, 9.17) is 0 Å². The molecule has 1 aliphatic carbocycles. The van der Waals surface area contributed by atoms with Crippen molar-refractivity contribution in [1.82, 2.24) is 16.0 Å². The number of rotatable bonds is 6. The number of aryl methyl sites for hydroxylation is 1.